The number of hydrogen-bond acceptors (Lipinski definition) is 3. The molecule has 1 N–H and O–H groups in total. The number of rotatable bonds is 2. The van der Waals surface area contributed by atoms with Crippen molar-refractivity contribution in [2.24, 2.45) is 0 Å². The molecule has 3 heteroatoms. The SMILES string of the molecule is C1CC(NC2CC3CCC(C2)S3)CS1. The number of nitrogens with one attached hydrogen (secondary N) is 1. The summed E-state index contributed by atoms with van der Waals surface area (Å²) in [5.74, 6) is 2.74. The molecule has 2 bridgehead atoms. The molecule has 3 unspecified atom stereocenters. The largest absolute Gasteiger partial charge is 0.310 e. The lowest BCUT2D eigenvalue weighted by Crippen LogP contribution is -2.42. The van der Waals surface area contributed by atoms with E-state index >= 15 is 0 Å². The molecule has 3 saturated heterocycles. The van der Waals surface area contributed by atoms with Gasteiger partial charge in [-0.2, -0.15) is 23.5 Å². The van der Waals surface area contributed by atoms with Crippen molar-refractivity contribution >= 4 is 23.5 Å². The van der Waals surface area contributed by atoms with Gasteiger partial charge in [-0.3, -0.25) is 0 Å². The molecular weight excluding hydrogens is 210 g/mol. The first-order chi connectivity index (χ1) is 6.90. The van der Waals surface area contributed by atoms with Crippen molar-refractivity contribution in [3.8, 4) is 0 Å². The third-order valence-electron chi connectivity index (χ3n) is 3.69. The Morgan fingerprint density at radius 1 is 0.929 bits per heavy atom. The molecule has 3 fully saturated rings. The number of thioether (sulfide) groups is 2. The van der Waals surface area contributed by atoms with E-state index < -0.39 is 0 Å². The monoisotopic (exact) mass is 229 g/mol. The summed E-state index contributed by atoms with van der Waals surface area (Å²) in [7, 11) is 0. The van der Waals surface area contributed by atoms with Crippen molar-refractivity contribution in [1.82, 2.24) is 5.32 Å². The van der Waals surface area contributed by atoms with Gasteiger partial charge in [0.1, 0.15) is 0 Å². The van der Waals surface area contributed by atoms with Crippen LogP contribution in [0.5, 0.6) is 0 Å². The van der Waals surface area contributed by atoms with Gasteiger partial charge < -0.3 is 5.32 Å². The maximum Gasteiger partial charge on any atom is 0.0168 e. The molecule has 3 atom stereocenters. The molecule has 3 rings (SSSR count). The van der Waals surface area contributed by atoms with Crippen molar-refractivity contribution in [2.75, 3.05) is 11.5 Å². The fourth-order valence-electron chi connectivity index (χ4n) is 2.99. The zero-order valence-electron chi connectivity index (χ0n) is 8.58. The Morgan fingerprint density at radius 3 is 2.36 bits per heavy atom. The highest BCUT2D eigenvalue weighted by Gasteiger charge is 2.35. The molecule has 3 heterocycles. The minimum Gasteiger partial charge on any atom is -0.310 e. The van der Waals surface area contributed by atoms with Crippen LogP contribution in [0.1, 0.15) is 32.1 Å². The van der Waals surface area contributed by atoms with Gasteiger partial charge in [0.15, 0.2) is 0 Å². The third-order valence-corrected chi connectivity index (χ3v) is 6.48. The van der Waals surface area contributed by atoms with Crippen LogP contribution < -0.4 is 5.32 Å². The molecule has 3 aliphatic heterocycles. The van der Waals surface area contributed by atoms with Crippen LogP contribution in [0.25, 0.3) is 0 Å². The van der Waals surface area contributed by atoms with Gasteiger partial charge in [-0.15, -0.1) is 0 Å². The molecule has 0 radical (unpaired) electrons. The van der Waals surface area contributed by atoms with E-state index in [9.17, 15) is 0 Å². The van der Waals surface area contributed by atoms with E-state index in [1.807, 2.05) is 0 Å². The van der Waals surface area contributed by atoms with Crippen LogP contribution in [-0.2, 0) is 0 Å². The average Bonchev–Trinajstić information content (AvgIpc) is 2.77. The maximum atomic E-state index is 3.88. The predicted octanol–water partition coefficient (Wildman–Crippen LogP) is 2.51. The minimum absolute atomic E-state index is 0.840. The summed E-state index contributed by atoms with van der Waals surface area (Å²) in [5.41, 5.74) is 0. The Morgan fingerprint density at radius 2 is 1.71 bits per heavy atom. The first kappa shape index (κ1) is 9.86. The van der Waals surface area contributed by atoms with Gasteiger partial charge >= 0.3 is 0 Å². The molecule has 0 spiro atoms. The molecule has 0 aromatic carbocycles. The third kappa shape index (κ3) is 2.10. The van der Waals surface area contributed by atoms with E-state index in [-0.39, 0.29) is 0 Å². The van der Waals surface area contributed by atoms with Gasteiger partial charge in [0.25, 0.3) is 0 Å². The normalized spacial score (nSPS) is 47.1. The second-order valence-corrected chi connectivity index (χ2v) is 7.61. The zero-order valence-corrected chi connectivity index (χ0v) is 10.2. The van der Waals surface area contributed by atoms with Crippen LogP contribution in [0.15, 0.2) is 0 Å². The molecule has 0 amide bonds. The van der Waals surface area contributed by atoms with E-state index in [4.69, 9.17) is 0 Å². The summed E-state index contributed by atoms with van der Waals surface area (Å²) < 4.78 is 0. The molecule has 80 valence electrons. The van der Waals surface area contributed by atoms with Gasteiger partial charge in [0.2, 0.25) is 0 Å². The topological polar surface area (TPSA) is 12.0 Å². The second-order valence-electron chi connectivity index (χ2n) is 4.85. The molecule has 0 saturated carbocycles. The maximum absolute atomic E-state index is 3.88. The highest BCUT2D eigenvalue weighted by molar-refractivity contribution is 8.00. The van der Waals surface area contributed by atoms with Crippen LogP contribution in [0.2, 0.25) is 0 Å². The summed E-state index contributed by atoms with van der Waals surface area (Å²) in [6, 6.07) is 1.70. The van der Waals surface area contributed by atoms with Crippen molar-refractivity contribution in [1.29, 1.82) is 0 Å². The number of fused-ring (bicyclic) bond motifs is 2. The van der Waals surface area contributed by atoms with Crippen LogP contribution in [0.4, 0.5) is 0 Å². The molecule has 3 aliphatic rings. The van der Waals surface area contributed by atoms with Gasteiger partial charge in [0, 0.05) is 28.3 Å². The van der Waals surface area contributed by atoms with E-state index in [1.54, 1.807) is 0 Å². The minimum atomic E-state index is 0.840. The standard InChI is InChI=1S/C11H19NS2/c1-2-11-6-9(5-10(1)14-11)12-8-3-4-13-7-8/h8-12H,1-7H2. The lowest BCUT2D eigenvalue weighted by Gasteiger charge is -2.30. The van der Waals surface area contributed by atoms with Crippen LogP contribution in [0.3, 0.4) is 0 Å². The fraction of sp³-hybridized carbons (Fsp3) is 1.00. The summed E-state index contributed by atoms with van der Waals surface area (Å²) in [4.78, 5) is 0. The summed E-state index contributed by atoms with van der Waals surface area (Å²) in [6.45, 7) is 0. The lowest BCUT2D eigenvalue weighted by atomic mass is 10.1. The van der Waals surface area contributed by atoms with Gasteiger partial charge in [-0.05, 0) is 37.9 Å². The van der Waals surface area contributed by atoms with Gasteiger partial charge in [-0.25, -0.2) is 0 Å². The van der Waals surface area contributed by atoms with Crippen LogP contribution in [-0.4, -0.2) is 34.1 Å². The first-order valence-corrected chi connectivity index (χ1v) is 7.99. The zero-order chi connectivity index (χ0) is 9.38. The fourth-order valence-corrected chi connectivity index (χ4v) is 5.93. The molecule has 0 aromatic heterocycles. The molecular formula is C11H19NS2. The Balaban J connectivity index is 1.53. The molecule has 1 nitrogen and oxygen atoms in total. The Kier molecular flexibility index (Phi) is 3.00. The van der Waals surface area contributed by atoms with Crippen LogP contribution in [0, 0.1) is 0 Å². The molecule has 14 heavy (non-hydrogen) atoms. The van der Waals surface area contributed by atoms with Gasteiger partial charge in [-0.1, -0.05) is 0 Å². The second kappa shape index (κ2) is 4.26. The summed E-state index contributed by atoms with van der Waals surface area (Å²) >= 11 is 4.39. The first-order valence-electron chi connectivity index (χ1n) is 5.89. The summed E-state index contributed by atoms with van der Waals surface area (Å²) in [6.07, 6.45) is 7.29. The molecule has 0 aromatic rings. The Bertz CT molecular complexity index is 191. The van der Waals surface area contributed by atoms with E-state index in [0.717, 1.165) is 22.6 Å². The summed E-state index contributed by atoms with van der Waals surface area (Å²) in [5, 5.41) is 5.89. The van der Waals surface area contributed by atoms with Crippen LogP contribution >= 0.6 is 23.5 Å². The Hall–Kier alpha value is 0.660. The average molecular weight is 229 g/mol. The Labute approximate surface area is 95.2 Å². The lowest BCUT2D eigenvalue weighted by molar-refractivity contribution is 0.408. The smallest absolute Gasteiger partial charge is 0.0168 e. The molecule has 0 aliphatic carbocycles. The highest BCUT2D eigenvalue weighted by Crippen LogP contribution is 2.43. The van der Waals surface area contributed by atoms with E-state index in [2.05, 4.69) is 28.8 Å². The highest BCUT2D eigenvalue weighted by atomic mass is 32.2. The van der Waals surface area contributed by atoms with Gasteiger partial charge in [0.05, 0.1) is 0 Å². The quantitative estimate of drug-likeness (QED) is 0.781. The van der Waals surface area contributed by atoms with E-state index in [0.29, 0.717) is 0 Å². The predicted molar refractivity (Wildman–Crippen MR) is 66.3 cm³/mol. The van der Waals surface area contributed by atoms with Crippen molar-refractivity contribution in [3.63, 3.8) is 0 Å². The van der Waals surface area contributed by atoms with Crippen molar-refractivity contribution in [3.05, 3.63) is 0 Å². The van der Waals surface area contributed by atoms with Crippen molar-refractivity contribution in [2.45, 2.75) is 54.7 Å². The number of hydrogen-bond donors (Lipinski definition) is 1. The van der Waals surface area contributed by atoms with E-state index in [1.165, 1.54) is 43.6 Å². The van der Waals surface area contributed by atoms with Crippen molar-refractivity contribution < 1.29 is 0 Å².